The van der Waals surface area contributed by atoms with Crippen molar-refractivity contribution >= 4 is 5.82 Å². The van der Waals surface area contributed by atoms with E-state index >= 15 is 0 Å². The molecule has 2 aromatic rings. The number of hydrogen-bond donors (Lipinski definition) is 2. The lowest BCUT2D eigenvalue weighted by Gasteiger charge is -2.12. The molecule has 112 valence electrons. The van der Waals surface area contributed by atoms with Crippen molar-refractivity contribution in [3.63, 3.8) is 0 Å². The van der Waals surface area contributed by atoms with Crippen LogP contribution in [0.1, 0.15) is 11.1 Å². The van der Waals surface area contributed by atoms with Gasteiger partial charge in [-0.1, -0.05) is 6.07 Å². The summed E-state index contributed by atoms with van der Waals surface area (Å²) in [6, 6.07) is 5.38. The number of nitrogens with two attached hydrogens (primary N) is 1. The third-order valence-electron chi connectivity index (χ3n) is 2.64. The van der Waals surface area contributed by atoms with Crippen LogP contribution in [0.3, 0.4) is 0 Å². The molecule has 0 saturated heterocycles. The zero-order chi connectivity index (χ0) is 15.6. The number of aromatic nitrogens is 1. The minimum absolute atomic E-state index is 0.0351. The van der Waals surface area contributed by atoms with E-state index in [4.69, 9.17) is 10.6 Å². The minimum atomic E-state index is -4.58. The lowest BCUT2D eigenvalue weighted by atomic mass is 10.2. The van der Waals surface area contributed by atoms with Gasteiger partial charge in [0.25, 0.3) is 0 Å². The number of benzene rings is 1. The van der Waals surface area contributed by atoms with E-state index in [0.717, 1.165) is 12.1 Å². The average molecular weight is 301 g/mol. The number of pyridine rings is 1. The van der Waals surface area contributed by atoms with Gasteiger partial charge in [-0.3, -0.25) is 0 Å². The molecule has 0 unspecified atom stereocenters. The SMILES string of the molecule is Cc1ccc(Oc2cc(C(F)(F)F)cc(NN)n2)cc1F. The number of halogens is 4. The maximum atomic E-state index is 13.4. The summed E-state index contributed by atoms with van der Waals surface area (Å²) in [5.74, 6) is 4.02. The third kappa shape index (κ3) is 3.60. The van der Waals surface area contributed by atoms with Crippen molar-refractivity contribution in [3.05, 3.63) is 47.3 Å². The molecular formula is C13H11F4N3O. The Morgan fingerprint density at radius 1 is 1.19 bits per heavy atom. The lowest BCUT2D eigenvalue weighted by Crippen LogP contribution is -2.12. The topological polar surface area (TPSA) is 60.2 Å². The van der Waals surface area contributed by atoms with Crippen molar-refractivity contribution in [2.45, 2.75) is 13.1 Å². The Bertz CT molecular complexity index is 658. The Morgan fingerprint density at radius 2 is 1.90 bits per heavy atom. The van der Waals surface area contributed by atoms with Gasteiger partial charge in [-0.15, -0.1) is 0 Å². The highest BCUT2D eigenvalue weighted by Gasteiger charge is 2.32. The van der Waals surface area contributed by atoms with Crippen LogP contribution in [0.2, 0.25) is 0 Å². The van der Waals surface area contributed by atoms with Crippen LogP contribution in [-0.4, -0.2) is 4.98 Å². The number of anilines is 1. The summed E-state index contributed by atoms with van der Waals surface area (Å²) in [6.45, 7) is 1.55. The molecule has 1 heterocycles. The summed E-state index contributed by atoms with van der Waals surface area (Å²) >= 11 is 0. The fraction of sp³-hybridized carbons (Fsp3) is 0.154. The van der Waals surface area contributed by atoms with Gasteiger partial charge in [-0.2, -0.15) is 18.2 Å². The molecule has 1 aromatic carbocycles. The molecule has 0 radical (unpaired) electrons. The predicted octanol–water partition coefficient (Wildman–Crippen LogP) is 3.63. The normalized spacial score (nSPS) is 11.3. The number of nitrogens with one attached hydrogen (secondary N) is 1. The number of nitrogens with zero attached hydrogens (tertiary/aromatic N) is 1. The smallest absolute Gasteiger partial charge is 0.416 e. The molecule has 21 heavy (non-hydrogen) atoms. The summed E-state index contributed by atoms with van der Waals surface area (Å²) in [4.78, 5) is 3.73. The average Bonchev–Trinajstić information content (AvgIpc) is 2.41. The molecule has 0 amide bonds. The highest BCUT2D eigenvalue weighted by Crippen LogP contribution is 2.33. The first-order chi connectivity index (χ1) is 9.79. The van der Waals surface area contributed by atoms with E-state index in [9.17, 15) is 17.6 Å². The Labute approximate surface area is 117 Å². The van der Waals surface area contributed by atoms with E-state index in [0.29, 0.717) is 11.6 Å². The van der Waals surface area contributed by atoms with Crippen LogP contribution >= 0.6 is 0 Å². The summed E-state index contributed by atoms with van der Waals surface area (Å²) in [6.07, 6.45) is -4.58. The van der Waals surface area contributed by atoms with Crippen LogP contribution in [0.25, 0.3) is 0 Å². The Morgan fingerprint density at radius 3 is 2.48 bits per heavy atom. The van der Waals surface area contributed by atoms with Gasteiger partial charge in [-0.05, 0) is 24.6 Å². The predicted molar refractivity (Wildman–Crippen MR) is 68.3 cm³/mol. The zero-order valence-electron chi connectivity index (χ0n) is 10.8. The summed E-state index contributed by atoms with van der Waals surface area (Å²) < 4.78 is 56.7. The van der Waals surface area contributed by atoms with Crippen LogP contribution < -0.4 is 16.0 Å². The fourth-order valence-corrected chi connectivity index (χ4v) is 1.55. The fourth-order valence-electron chi connectivity index (χ4n) is 1.55. The van der Waals surface area contributed by atoms with Gasteiger partial charge in [-0.25, -0.2) is 10.2 Å². The second-order valence-electron chi connectivity index (χ2n) is 4.23. The highest BCUT2D eigenvalue weighted by molar-refractivity contribution is 5.43. The van der Waals surface area contributed by atoms with Crippen LogP contribution in [0.5, 0.6) is 11.6 Å². The van der Waals surface area contributed by atoms with E-state index in [-0.39, 0.29) is 17.4 Å². The van der Waals surface area contributed by atoms with Crippen LogP contribution in [-0.2, 0) is 6.18 Å². The standard InChI is InChI=1S/C13H11F4N3O/c1-7-2-3-9(6-10(7)14)21-12-5-8(13(15,16)17)4-11(19-12)20-18/h2-6H,18H2,1H3,(H,19,20). The number of hydrogen-bond acceptors (Lipinski definition) is 4. The number of ether oxygens (including phenoxy) is 1. The maximum Gasteiger partial charge on any atom is 0.416 e. The molecular weight excluding hydrogens is 290 g/mol. The highest BCUT2D eigenvalue weighted by atomic mass is 19.4. The third-order valence-corrected chi connectivity index (χ3v) is 2.64. The second kappa shape index (κ2) is 5.57. The van der Waals surface area contributed by atoms with Crippen molar-refractivity contribution in [2.24, 2.45) is 5.84 Å². The Balaban J connectivity index is 2.36. The molecule has 0 atom stereocenters. The first kappa shape index (κ1) is 15.0. The van der Waals surface area contributed by atoms with Crippen molar-refractivity contribution < 1.29 is 22.3 Å². The number of nitrogen functional groups attached to an aromatic ring is 1. The van der Waals surface area contributed by atoms with Crippen LogP contribution in [0.4, 0.5) is 23.4 Å². The van der Waals surface area contributed by atoms with Gasteiger partial charge in [0.05, 0.1) is 5.56 Å². The van der Waals surface area contributed by atoms with Crippen molar-refractivity contribution in [1.82, 2.24) is 4.98 Å². The first-order valence-corrected chi connectivity index (χ1v) is 5.79. The zero-order valence-corrected chi connectivity index (χ0v) is 10.8. The van der Waals surface area contributed by atoms with E-state index in [1.165, 1.54) is 12.1 Å². The molecule has 2 rings (SSSR count). The largest absolute Gasteiger partial charge is 0.439 e. The molecule has 3 N–H and O–H groups in total. The first-order valence-electron chi connectivity index (χ1n) is 5.79. The number of alkyl halides is 3. The van der Waals surface area contributed by atoms with E-state index < -0.39 is 17.6 Å². The molecule has 0 aliphatic carbocycles. The number of aryl methyl sites for hydroxylation is 1. The Kier molecular flexibility index (Phi) is 3.99. The number of hydrazine groups is 1. The van der Waals surface area contributed by atoms with Crippen molar-refractivity contribution in [2.75, 3.05) is 5.43 Å². The van der Waals surface area contributed by atoms with Gasteiger partial charge < -0.3 is 10.2 Å². The number of rotatable bonds is 3. The van der Waals surface area contributed by atoms with Gasteiger partial charge in [0.15, 0.2) is 0 Å². The summed E-state index contributed by atoms with van der Waals surface area (Å²) in [5, 5.41) is 0. The summed E-state index contributed by atoms with van der Waals surface area (Å²) in [5.41, 5.74) is 1.43. The van der Waals surface area contributed by atoms with Crippen molar-refractivity contribution in [3.8, 4) is 11.6 Å². The van der Waals surface area contributed by atoms with Gasteiger partial charge in [0.1, 0.15) is 17.4 Å². The molecule has 0 spiro atoms. The maximum absolute atomic E-state index is 13.4. The van der Waals surface area contributed by atoms with E-state index in [1.54, 1.807) is 6.92 Å². The molecule has 0 aliphatic rings. The lowest BCUT2D eigenvalue weighted by molar-refractivity contribution is -0.137. The van der Waals surface area contributed by atoms with Crippen LogP contribution in [0.15, 0.2) is 30.3 Å². The van der Waals surface area contributed by atoms with E-state index in [2.05, 4.69) is 4.98 Å². The minimum Gasteiger partial charge on any atom is -0.439 e. The molecule has 4 nitrogen and oxygen atoms in total. The molecule has 0 bridgehead atoms. The quantitative estimate of drug-likeness (QED) is 0.516. The van der Waals surface area contributed by atoms with Crippen molar-refractivity contribution in [1.29, 1.82) is 0 Å². The molecule has 0 saturated carbocycles. The molecule has 1 aromatic heterocycles. The van der Waals surface area contributed by atoms with Gasteiger partial charge in [0.2, 0.25) is 5.88 Å². The molecule has 0 aliphatic heterocycles. The van der Waals surface area contributed by atoms with Gasteiger partial charge >= 0.3 is 6.18 Å². The molecule has 0 fully saturated rings. The monoisotopic (exact) mass is 301 g/mol. The Hall–Kier alpha value is -2.35. The van der Waals surface area contributed by atoms with E-state index in [1.807, 2.05) is 5.43 Å². The summed E-state index contributed by atoms with van der Waals surface area (Å²) in [7, 11) is 0. The molecule has 8 heteroatoms. The van der Waals surface area contributed by atoms with Gasteiger partial charge in [0, 0.05) is 12.1 Å². The van der Waals surface area contributed by atoms with Crippen LogP contribution in [0, 0.1) is 12.7 Å². The second-order valence-corrected chi connectivity index (χ2v) is 4.23.